The molecule has 0 saturated heterocycles. The van der Waals surface area contributed by atoms with Gasteiger partial charge in [-0.3, -0.25) is 0 Å². The molecule has 0 aliphatic heterocycles. The lowest BCUT2D eigenvalue weighted by Gasteiger charge is -2.22. The fourth-order valence-corrected chi connectivity index (χ4v) is 2.44. The van der Waals surface area contributed by atoms with Gasteiger partial charge in [0.05, 0.1) is 0 Å². The standard InChI is InChI=1S/C16H26N2S/c1-3-4-5-6-7-10-13-18(2)15-12-9-8-11-14(15)16(17)19/h8-9,11-12H,3-7,10,13H2,1-2H3,(H2,17,19). The molecule has 0 amide bonds. The summed E-state index contributed by atoms with van der Waals surface area (Å²) in [6.45, 7) is 3.31. The summed E-state index contributed by atoms with van der Waals surface area (Å²) in [5.74, 6) is 0. The Morgan fingerprint density at radius 3 is 2.42 bits per heavy atom. The van der Waals surface area contributed by atoms with E-state index in [0.717, 1.165) is 17.8 Å². The van der Waals surface area contributed by atoms with Crippen LogP contribution < -0.4 is 10.6 Å². The molecule has 0 atom stereocenters. The molecule has 0 fully saturated rings. The molecule has 0 aliphatic rings. The molecule has 19 heavy (non-hydrogen) atoms. The molecule has 2 N–H and O–H groups in total. The normalized spacial score (nSPS) is 10.4. The van der Waals surface area contributed by atoms with Crippen LogP contribution in [0.15, 0.2) is 24.3 Å². The summed E-state index contributed by atoms with van der Waals surface area (Å²) in [6, 6.07) is 8.10. The second kappa shape index (κ2) is 8.92. The number of nitrogens with two attached hydrogens (primary N) is 1. The van der Waals surface area contributed by atoms with Crippen molar-refractivity contribution in [2.75, 3.05) is 18.5 Å². The molecule has 0 aliphatic carbocycles. The smallest absolute Gasteiger partial charge is 0.106 e. The highest BCUT2D eigenvalue weighted by atomic mass is 32.1. The second-order valence-corrected chi connectivity index (χ2v) is 5.51. The number of hydrogen-bond donors (Lipinski definition) is 1. The summed E-state index contributed by atoms with van der Waals surface area (Å²) in [4.78, 5) is 2.74. The van der Waals surface area contributed by atoms with Gasteiger partial charge in [-0.2, -0.15) is 0 Å². The zero-order valence-electron chi connectivity index (χ0n) is 12.2. The van der Waals surface area contributed by atoms with E-state index < -0.39 is 0 Å². The lowest BCUT2D eigenvalue weighted by molar-refractivity contribution is 0.606. The van der Waals surface area contributed by atoms with Crippen molar-refractivity contribution in [3.63, 3.8) is 0 Å². The fourth-order valence-electron chi connectivity index (χ4n) is 2.26. The van der Waals surface area contributed by atoms with Crippen LogP contribution in [0.2, 0.25) is 0 Å². The van der Waals surface area contributed by atoms with Gasteiger partial charge in [-0.05, 0) is 18.6 Å². The number of thiocarbonyl (C=S) groups is 1. The van der Waals surface area contributed by atoms with Gasteiger partial charge in [0, 0.05) is 24.8 Å². The predicted octanol–water partition coefficient (Wildman–Crippen LogP) is 4.12. The Morgan fingerprint density at radius 2 is 1.74 bits per heavy atom. The minimum absolute atomic E-state index is 0.477. The van der Waals surface area contributed by atoms with Crippen LogP contribution in [0.3, 0.4) is 0 Å². The van der Waals surface area contributed by atoms with E-state index in [-0.39, 0.29) is 0 Å². The van der Waals surface area contributed by atoms with Gasteiger partial charge < -0.3 is 10.6 Å². The Kier molecular flexibility index (Phi) is 7.49. The first-order chi connectivity index (χ1) is 9.16. The van der Waals surface area contributed by atoms with E-state index >= 15 is 0 Å². The molecule has 0 heterocycles. The van der Waals surface area contributed by atoms with Gasteiger partial charge in [0.25, 0.3) is 0 Å². The van der Waals surface area contributed by atoms with Gasteiger partial charge in [0.1, 0.15) is 4.99 Å². The highest BCUT2D eigenvalue weighted by Crippen LogP contribution is 2.19. The van der Waals surface area contributed by atoms with Crippen molar-refractivity contribution in [3.8, 4) is 0 Å². The molecular formula is C16H26N2S. The van der Waals surface area contributed by atoms with E-state index in [4.69, 9.17) is 18.0 Å². The van der Waals surface area contributed by atoms with Crippen LogP contribution in [0, 0.1) is 0 Å². The summed E-state index contributed by atoms with van der Waals surface area (Å²) < 4.78 is 0. The third-order valence-corrected chi connectivity index (χ3v) is 3.65. The van der Waals surface area contributed by atoms with Gasteiger partial charge in [-0.25, -0.2) is 0 Å². The lowest BCUT2D eigenvalue weighted by atomic mass is 10.1. The highest BCUT2D eigenvalue weighted by Gasteiger charge is 2.08. The van der Waals surface area contributed by atoms with Crippen molar-refractivity contribution < 1.29 is 0 Å². The molecule has 0 radical (unpaired) electrons. The maximum Gasteiger partial charge on any atom is 0.106 e. The number of nitrogens with zero attached hydrogens (tertiary/aromatic N) is 1. The third kappa shape index (κ3) is 5.60. The topological polar surface area (TPSA) is 29.3 Å². The van der Waals surface area contributed by atoms with Crippen molar-refractivity contribution in [1.29, 1.82) is 0 Å². The number of para-hydroxylation sites is 1. The molecule has 2 nitrogen and oxygen atoms in total. The Hall–Kier alpha value is -1.09. The maximum absolute atomic E-state index is 5.77. The van der Waals surface area contributed by atoms with Gasteiger partial charge in [-0.15, -0.1) is 0 Å². The van der Waals surface area contributed by atoms with E-state index in [9.17, 15) is 0 Å². The fraction of sp³-hybridized carbons (Fsp3) is 0.562. The predicted molar refractivity (Wildman–Crippen MR) is 89.0 cm³/mol. The van der Waals surface area contributed by atoms with Crippen LogP contribution in [0.25, 0.3) is 0 Å². The lowest BCUT2D eigenvalue weighted by Crippen LogP contribution is -2.22. The number of hydrogen-bond acceptors (Lipinski definition) is 2. The Bertz CT molecular complexity index is 390. The largest absolute Gasteiger partial charge is 0.389 e. The Labute approximate surface area is 123 Å². The molecule has 1 aromatic carbocycles. The molecule has 0 aromatic heterocycles. The van der Waals surface area contributed by atoms with Gasteiger partial charge in [0.15, 0.2) is 0 Å². The van der Waals surface area contributed by atoms with Crippen LogP contribution >= 0.6 is 12.2 Å². The summed E-state index contributed by atoms with van der Waals surface area (Å²) in [5, 5.41) is 0. The molecule has 3 heteroatoms. The van der Waals surface area contributed by atoms with Crippen LogP contribution in [-0.4, -0.2) is 18.6 Å². The van der Waals surface area contributed by atoms with Gasteiger partial charge in [-0.1, -0.05) is 63.4 Å². The molecule has 0 bridgehead atoms. The third-order valence-electron chi connectivity index (χ3n) is 3.43. The van der Waals surface area contributed by atoms with E-state index in [1.807, 2.05) is 18.2 Å². The molecular weight excluding hydrogens is 252 g/mol. The molecule has 1 aromatic rings. The number of rotatable bonds is 9. The van der Waals surface area contributed by atoms with Gasteiger partial charge in [0.2, 0.25) is 0 Å². The zero-order chi connectivity index (χ0) is 14.1. The molecule has 0 saturated carbocycles. The first-order valence-electron chi connectivity index (χ1n) is 7.26. The average molecular weight is 278 g/mol. The molecule has 0 unspecified atom stereocenters. The van der Waals surface area contributed by atoms with Crippen molar-refractivity contribution in [2.24, 2.45) is 5.73 Å². The minimum atomic E-state index is 0.477. The molecule has 0 spiro atoms. The van der Waals surface area contributed by atoms with E-state index in [1.54, 1.807) is 0 Å². The summed E-state index contributed by atoms with van der Waals surface area (Å²) in [5.41, 5.74) is 7.89. The summed E-state index contributed by atoms with van der Waals surface area (Å²) >= 11 is 5.10. The van der Waals surface area contributed by atoms with Crippen LogP contribution in [0.4, 0.5) is 5.69 Å². The molecule has 106 valence electrons. The SMILES string of the molecule is CCCCCCCCN(C)c1ccccc1C(N)=S. The highest BCUT2D eigenvalue weighted by molar-refractivity contribution is 7.80. The van der Waals surface area contributed by atoms with Crippen LogP contribution in [0.5, 0.6) is 0 Å². The number of anilines is 1. The first kappa shape index (κ1) is 16.0. The van der Waals surface area contributed by atoms with Crippen LogP contribution in [-0.2, 0) is 0 Å². The number of benzene rings is 1. The van der Waals surface area contributed by atoms with Crippen molar-refractivity contribution in [2.45, 2.75) is 45.4 Å². The van der Waals surface area contributed by atoms with Crippen molar-refractivity contribution in [1.82, 2.24) is 0 Å². The zero-order valence-corrected chi connectivity index (χ0v) is 13.0. The van der Waals surface area contributed by atoms with E-state index in [0.29, 0.717) is 4.99 Å². The Morgan fingerprint density at radius 1 is 1.11 bits per heavy atom. The summed E-state index contributed by atoms with van der Waals surface area (Å²) in [7, 11) is 2.11. The van der Waals surface area contributed by atoms with Crippen LogP contribution in [0.1, 0.15) is 51.0 Å². The molecule has 1 rings (SSSR count). The van der Waals surface area contributed by atoms with Crippen molar-refractivity contribution in [3.05, 3.63) is 29.8 Å². The minimum Gasteiger partial charge on any atom is -0.389 e. The average Bonchev–Trinajstić information content (AvgIpc) is 2.42. The second-order valence-electron chi connectivity index (χ2n) is 5.07. The maximum atomic E-state index is 5.77. The first-order valence-corrected chi connectivity index (χ1v) is 7.67. The van der Waals surface area contributed by atoms with E-state index in [2.05, 4.69) is 24.9 Å². The monoisotopic (exact) mass is 278 g/mol. The Balaban J connectivity index is 2.41. The summed E-state index contributed by atoms with van der Waals surface area (Å²) in [6.07, 6.45) is 7.91. The van der Waals surface area contributed by atoms with E-state index in [1.165, 1.54) is 38.5 Å². The quantitative estimate of drug-likeness (QED) is 0.544. The van der Waals surface area contributed by atoms with Gasteiger partial charge >= 0.3 is 0 Å². The van der Waals surface area contributed by atoms with Crippen molar-refractivity contribution >= 4 is 22.9 Å². The number of unbranched alkanes of at least 4 members (excludes halogenated alkanes) is 5.